The SMILES string of the molecule is CCCCCC(CCCCC)OC(=O)CN. The van der Waals surface area contributed by atoms with E-state index in [-0.39, 0.29) is 18.6 Å². The van der Waals surface area contributed by atoms with Crippen LogP contribution in [-0.4, -0.2) is 18.6 Å². The van der Waals surface area contributed by atoms with Gasteiger partial charge in [0.05, 0.1) is 6.54 Å². The van der Waals surface area contributed by atoms with Crippen molar-refractivity contribution in [2.45, 2.75) is 71.3 Å². The van der Waals surface area contributed by atoms with Crippen molar-refractivity contribution >= 4 is 5.97 Å². The first-order chi connectivity index (χ1) is 7.74. The van der Waals surface area contributed by atoms with Gasteiger partial charge in [0.15, 0.2) is 0 Å². The smallest absolute Gasteiger partial charge is 0.319 e. The van der Waals surface area contributed by atoms with Gasteiger partial charge in [-0.2, -0.15) is 0 Å². The van der Waals surface area contributed by atoms with Crippen LogP contribution < -0.4 is 5.73 Å². The zero-order valence-corrected chi connectivity index (χ0v) is 10.8. The molecule has 0 saturated heterocycles. The van der Waals surface area contributed by atoms with Crippen LogP contribution in [0.25, 0.3) is 0 Å². The Morgan fingerprint density at radius 2 is 1.56 bits per heavy atom. The first-order valence-electron chi connectivity index (χ1n) is 6.64. The van der Waals surface area contributed by atoms with E-state index in [1.807, 2.05) is 0 Å². The molecule has 0 aromatic rings. The highest BCUT2D eigenvalue weighted by atomic mass is 16.5. The van der Waals surface area contributed by atoms with E-state index < -0.39 is 0 Å². The minimum Gasteiger partial charge on any atom is -0.461 e. The molecule has 0 aromatic heterocycles. The number of carbonyl (C=O) groups excluding carboxylic acids is 1. The lowest BCUT2D eigenvalue weighted by atomic mass is 10.0. The first kappa shape index (κ1) is 15.4. The van der Waals surface area contributed by atoms with Crippen LogP contribution in [0.2, 0.25) is 0 Å². The van der Waals surface area contributed by atoms with Gasteiger partial charge in [-0.25, -0.2) is 0 Å². The summed E-state index contributed by atoms with van der Waals surface area (Å²) >= 11 is 0. The predicted octanol–water partition coefficient (Wildman–Crippen LogP) is 3.02. The van der Waals surface area contributed by atoms with Crippen LogP contribution in [0.1, 0.15) is 65.2 Å². The van der Waals surface area contributed by atoms with Crippen molar-refractivity contribution in [3.8, 4) is 0 Å². The average molecular weight is 229 g/mol. The summed E-state index contributed by atoms with van der Waals surface area (Å²) < 4.78 is 5.33. The van der Waals surface area contributed by atoms with Crippen molar-refractivity contribution in [2.24, 2.45) is 5.73 Å². The molecule has 0 rings (SSSR count). The van der Waals surface area contributed by atoms with Gasteiger partial charge in [0.2, 0.25) is 0 Å². The molecular weight excluding hydrogens is 202 g/mol. The maximum atomic E-state index is 11.1. The van der Waals surface area contributed by atoms with E-state index in [2.05, 4.69) is 13.8 Å². The van der Waals surface area contributed by atoms with E-state index >= 15 is 0 Å². The lowest BCUT2D eigenvalue weighted by Crippen LogP contribution is -2.24. The number of unbranched alkanes of at least 4 members (excludes halogenated alkanes) is 4. The quantitative estimate of drug-likeness (QED) is 0.463. The van der Waals surface area contributed by atoms with Crippen LogP contribution in [0, 0.1) is 0 Å². The zero-order chi connectivity index (χ0) is 12.2. The molecule has 0 amide bonds. The monoisotopic (exact) mass is 229 g/mol. The fourth-order valence-corrected chi connectivity index (χ4v) is 1.74. The van der Waals surface area contributed by atoms with Crippen LogP contribution in [0.3, 0.4) is 0 Å². The lowest BCUT2D eigenvalue weighted by molar-refractivity contribution is -0.148. The first-order valence-corrected chi connectivity index (χ1v) is 6.64. The summed E-state index contributed by atoms with van der Waals surface area (Å²) in [7, 11) is 0. The summed E-state index contributed by atoms with van der Waals surface area (Å²) in [5, 5.41) is 0. The fraction of sp³-hybridized carbons (Fsp3) is 0.923. The second kappa shape index (κ2) is 10.9. The van der Waals surface area contributed by atoms with E-state index in [9.17, 15) is 4.79 Å². The van der Waals surface area contributed by atoms with E-state index in [1.165, 1.54) is 25.7 Å². The Hall–Kier alpha value is -0.570. The van der Waals surface area contributed by atoms with Gasteiger partial charge in [-0.05, 0) is 25.7 Å². The molecule has 0 spiro atoms. The highest BCUT2D eigenvalue weighted by molar-refractivity contribution is 5.71. The molecule has 0 unspecified atom stereocenters. The van der Waals surface area contributed by atoms with Crippen molar-refractivity contribution in [2.75, 3.05) is 6.54 Å². The van der Waals surface area contributed by atoms with Crippen LogP contribution >= 0.6 is 0 Å². The molecule has 0 fully saturated rings. The standard InChI is InChI=1S/C13H27NO2/c1-3-5-7-9-12(10-8-6-4-2)16-13(15)11-14/h12H,3-11,14H2,1-2H3. The maximum Gasteiger partial charge on any atom is 0.319 e. The van der Waals surface area contributed by atoms with Crippen LogP contribution in [-0.2, 0) is 9.53 Å². The molecule has 3 heteroatoms. The van der Waals surface area contributed by atoms with Gasteiger partial charge in [-0.3, -0.25) is 4.79 Å². The van der Waals surface area contributed by atoms with E-state index in [1.54, 1.807) is 0 Å². The molecule has 0 bridgehead atoms. The van der Waals surface area contributed by atoms with Gasteiger partial charge in [0.25, 0.3) is 0 Å². The average Bonchev–Trinajstić information content (AvgIpc) is 2.29. The zero-order valence-electron chi connectivity index (χ0n) is 10.8. The molecule has 96 valence electrons. The molecule has 0 aromatic carbocycles. The van der Waals surface area contributed by atoms with Crippen molar-refractivity contribution < 1.29 is 9.53 Å². The van der Waals surface area contributed by atoms with E-state index in [0.717, 1.165) is 25.7 Å². The van der Waals surface area contributed by atoms with Crippen molar-refractivity contribution in [3.05, 3.63) is 0 Å². The molecule has 3 nitrogen and oxygen atoms in total. The summed E-state index contributed by atoms with van der Waals surface area (Å²) in [6.07, 6.45) is 9.19. The Morgan fingerprint density at radius 3 is 1.94 bits per heavy atom. The number of nitrogens with two attached hydrogens (primary N) is 1. The summed E-state index contributed by atoms with van der Waals surface area (Å²) in [4.78, 5) is 11.1. The maximum absolute atomic E-state index is 11.1. The third-order valence-corrected chi connectivity index (χ3v) is 2.72. The number of ether oxygens (including phenoxy) is 1. The summed E-state index contributed by atoms with van der Waals surface area (Å²) in [6.45, 7) is 4.36. The van der Waals surface area contributed by atoms with Crippen molar-refractivity contribution in [1.82, 2.24) is 0 Å². The molecule has 0 aliphatic carbocycles. The van der Waals surface area contributed by atoms with E-state index in [0.29, 0.717) is 0 Å². The minimum atomic E-state index is -0.266. The highest BCUT2D eigenvalue weighted by Gasteiger charge is 2.12. The Morgan fingerprint density at radius 1 is 1.06 bits per heavy atom. The van der Waals surface area contributed by atoms with Crippen LogP contribution in [0.5, 0.6) is 0 Å². The minimum absolute atomic E-state index is 0.00193. The molecule has 0 saturated carbocycles. The predicted molar refractivity (Wildman–Crippen MR) is 67.2 cm³/mol. The Bertz CT molecular complexity index is 161. The van der Waals surface area contributed by atoms with Crippen molar-refractivity contribution in [3.63, 3.8) is 0 Å². The van der Waals surface area contributed by atoms with Gasteiger partial charge < -0.3 is 10.5 Å². The van der Waals surface area contributed by atoms with E-state index in [4.69, 9.17) is 10.5 Å². The second-order valence-corrected chi connectivity index (χ2v) is 4.31. The Balaban J connectivity index is 3.80. The molecule has 0 radical (unpaired) electrons. The number of esters is 1. The summed E-state index contributed by atoms with van der Waals surface area (Å²) in [5.74, 6) is -0.266. The third-order valence-electron chi connectivity index (χ3n) is 2.72. The van der Waals surface area contributed by atoms with Gasteiger partial charge in [-0.1, -0.05) is 39.5 Å². The molecular formula is C13H27NO2. The third kappa shape index (κ3) is 8.72. The molecule has 0 heterocycles. The second-order valence-electron chi connectivity index (χ2n) is 4.31. The topological polar surface area (TPSA) is 52.3 Å². The Labute approximate surface area is 99.7 Å². The number of hydrogen-bond donors (Lipinski definition) is 1. The molecule has 0 atom stereocenters. The summed E-state index contributed by atoms with van der Waals surface area (Å²) in [6, 6.07) is 0. The summed E-state index contributed by atoms with van der Waals surface area (Å²) in [5.41, 5.74) is 5.26. The molecule has 0 aliphatic rings. The van der Waals surface area contributed by atoms with Crippen LogP contribution in [0.15, 0.2) is 0 Å². The molecule has 16 heavy (non-hydrogen) atoms. The van der Waals surface area contributed by atoms with Gasteiger partial charge in [-0.15, -0.1) is 0 Å². The van der Waals surface area contributed by atoms with Crippen molar-refractivity contribution in [1.29, 1.82) is 0 Å². The number of carbonyl (C=O) groups is 1. The highest BCUT2D eigenvalue weighted by Crippen LogP contribution is 2.14. The fourth-order valence-electron chi connectivity index (χ4n) is 1.74. The van der Waals surface area contributed by atoms with Gasteiger partial charge in [0.1, 0.15) is 6.10 Å². The van der Waals surface area contributed by atoms with Gasteiger partial charge >= 0.3 is 5.97 Å². The Kier molecular flexibility index (Phi) is 10.5. The van der Waals surface area contributed by atoms with Gasteiger partial charge in [0, 0.05) is 0 Å². The normalized spacial score (nSPS) is 10.8. The molecule has 2 N–H and O–H groups in total. The largest absolute Gasteiger partial charge is 0.461 e. The number of hydrogen-bond acceptors (Lipinski definition) is 3. The number of rotatable bonds is 10. The lowest BCUT2D eigenvalue weighted by Gasteiger charge is -2.17. The molecule has 0 aliphatic heterocycles. The van der Waals surface area contributed by atoms with Crippen LogP contribution in [0.4, 0.5) is 0 Å².